The van der Waals surface area contributed by atoms with Crippen molar-refractivity contribution in [3.05, 3.63) is 0 Å². The zero-order chi connectivity index (χ0) is 9.72. The van der Waals surface area contributed by atoms with Gasteiger partial charge in [0, 0.05) is 5.37 Å². The lowest BCUT2D eigenvalue weighted by molar-refractivity contribution is -0.145. The lowest BCUT2D eigenvalue weighted by Crippen LogP contribution is -2.47. The van der Waals surface area contributed by atoms with Gasteiger partial charge in [-0.3, -0.25) is 10.1 Å². The minimum Gasteiger partial charge on any atom is -0.468 e. The largest absolute Gasteiger partial charge is 0.468 e. The van der Waals surface area contributed by atoms with E-state index >= 15 is 0 Å². The third kappa shape index (κ3) is 3.94. The number of carbonyl (C=O) groups is 1. The molecule has 72 valence electrons. The fraction of sp³-hybridized carbons (Fsp3) is 0.857. The summed E-state index contributed by atoms with van der Waals surface area (Å²) in [5.41, 5.74) is 0. The summed E-state index contributed by atoms with van der Waals surface area (Å²) in [6.07, 6.45) is -0.785. The van der Waals surface area contributed by atoms with E-state index < -0.39 is 18.1 Å². The van der Waals surface area contributed by atoms with E-state index in [1.165, 1.54) is 14.0 Å². The molecule has 0 heterocycles. The van der Waals surface area contributed by atoms with Crippen LogP contribution < -0.4 is 5.32 Å². The van der Waals surface area contributed by atoms with Crippen LogP contribution in [-0.2, 0) is 9.53 Å². The van der Waals surface area contributed by atoms with Crippen LogP contribution in [0, 0.1) is 0 Å². The standard InChI is InChI=1S/C7H15NO3S/c1-4(9)6(7(10)11-3)8-5(2)12/h4-6,8-9,12H,1-3H3/t4-,5?,6+/m0/s1. The second kappa shape index (κ2) is 5.40. The summed E-state index contributed by atoms with van der Waals surface area (Å²) in [4.78, 5) is 11.0. The van der Waals surface area contributed by atoms with Crippen molar-refractivity contribution in [1.82, 2.24) is 5.32 Å². The van der Waals surface area contributed by atoms with Gasteiger partial charge in [-0.2, -0.15) is 12.6 Å². The molecule has 1 unspecified atom stereocenters. The van der Waals surface area contributed by atoms with Gasteiger partial charge in [-0.1, -0.05) is 0 Å². The molecule has 0 radical (unpaired) electrons. The third-order valence-electron chi connectivity index (χ3n) is 1.36. The second-order valence-corrected chi connectivity index (χ2v) is 3.36. The van der Waals surface area contributed by atoms with E-state index in [1.54, 1.807) is 6.92 Å². The maximum absolute atomic E-state index is 11.0. The van der Waals surface area contributed by atoms with Gasteiger partial charge in [0.1, 0.15) is 6.04 Å². The highest BCUT2D eigenvalue weighted by molar-refractivity contribution is 7.80. The van der Waals surface area contributed by atoms with Crippen LogP contribution in [0.4, 0.5) is 0 Å². The molecule has 0 bridgehead atoms. The van der Waals surface area contributed by atoms with Crippen molar-refractivity contribution < 1.29 is 14.6 Å². The van der Waals surface area contributed by atoms with Crippen LogP contribution in [-0.4, -0.2) is 35.7 Å². The molecule has 0 spiro atoms. The van der Waals surface area contributed by atoms with Gasteiger partial charge in [-0.25, -0.2) is 0 Å². The van der Waals surface area contributed by atoms with E-state index in [0.29, 0.717) is 0 Å². The Morgan fingerprint density at radius 1 is 1.58 bits per heavy atom. The number of thiol groups is 1. The molecule has 0 saturated heterocycles. The van der Waals surface area contributed by atoms with Crippen molar-refractivity contribution in [3.8, 4) is 0 Å². The molecule has 0 aromatic heterocycles. The molecule has 0 aliphatic rings. The summed E-state index contributed by atoms with van der Waals surface area (Å²) in [5.74, 6) is -0.481. The highest BCUT2D eigenvalue weighted by Gasteiger charge is 2.24. The maximum Gasteiger partial charge on any atom is 0.325 e. The molecule has 4 nitrogen and oxygen atoms in total. The fourth-order valence-electron chi connectivity index (χ4n) is 0.791. The van der Waals surface area contributed by atoms with Crippen molar-refractivity contribution >= 4 is 18.6 Å². The van der Waals surface area contributed by atoms with Crippen LogP contribution in [0.3, 0.4) is 0 Å². The first-order chi connectivity index (χ1) is 5.49. The lowest BCUT2D eigenvalue weighted by atomic mass is 10.2. The topological polar surface area (TPSA) is 58.6 Å². The quantitative estimate of drug-likeness (QED) is 0.328. The minimum absolute atomic E-state index is 0.163. The molecule has 3 atom stereocenters. The molecule has 0 amide bonds. The Kier molecular flexibility index (Phi) is 5.28. The zero-order valence-electron chi connectivity index (χ0n) is 7.44. The van der Waals surface area contributed by atoms with E-state index in [4.69, 9.17) is 5.11 Å². The number of carbonyl (C=O) groups excluding carboxylic acids is 1. The average Bonchev–Trinajstić information content (AvgIpc) is 1.98. The zero-order valence-corrected chi connectivity index (χ0v) is 8.34. The summed E-state index contributed by atoms with van der Waals surface area (Å²) in [5, 5.41) is 11.8. The number of hydrogen-bond acceptors (Lipinski definition) is 5. The normalized spacial score (nSPS) is 18.1. The Bertz CT molecular complexity index is 150. The Balaban J connectivity index is 4.13. The highest BCUT2D eigenvalue weighted by Crippen LogP contribution is 1.99. The van der Waals surface area contributed by atoms with Crippen LogP contribution in [0.15, 0.2) is 0 Å². The van der Waals surface area contributed by atoms with Gasteiger partial charge in [-0.05, 0) is 13.8 Å². The molecule has 0 aromatic carbocycles. The van der Waals surface area contributed by atoms with E-state index in [2.05, 4.69) is 22.7 Å². The number of nitrogens with one attached hydrogen (secondary N) is 1. The van der Waals surface area contributed by atoms with Crippen LogP contribution in [0.25, 0.3) is 0 Å². The van der Waals surface area contributed by atoms with Gasteiger partial charge >= 0.3 is 5.97 Å². The monoisotopic (exact) mass is 193 g/mol. The van der Waals surface area contributed by atoms with Crippen LogP contribution in [0.5, 0.6) is 0 Å². The molecule has 12 heavy (non-hydrogen) atoms. The fourth-order valence-corrected chi connectivity index (χ4v) is 0.952. The van der Waals surface area contributed by atoms with Gasteiger partial charge < -0.3 is 9.84 Å². The first-order valence-corrected chi connectivity index (χ1v) is 4.20. The van der Waals surface area contributed by atoms with Crippen LogP contribution in [0.2, 0.25) is 0 Å². The van der Waals surface area contributed by atoms with Gasteiger partial charge in [-0.15, -0.1) is 0 Å². The molecule has 0 rings (SSSR count). The summed E-state index contributed by atoms with van der Waals surface area (Å²) in [6, 6.07) is -0.706. The third-order valence-corrected chi connectivity index (χ3v) is 1.51. The second-order valence-electron chi connectivity index (χ2n) is 2.58. The van der Waals surface area contributed by atoms with E-state index in [1.807, 2.05) is 0 Å². The summed E-state index contributed by atoms with van der Waals surface area (Å²) >= 11 is 4.04. The predicted molar refractivity (Wildman–Crippen MR) is 49.1 cm³/mol. The van der Waals surface area contributed by atoms with Crippen molar-refractivity contribution in [2.45, 2.75) is 31.4 Å². The molecular weight excluding hydrogens is 178 g/mol. The average molecular weight is 193 g/mol. The number of ether oxygens (including phenoxy) is 1. The Morgan fingerprint density at radius 2 is 2.08 bits per heavy atom. The molecule has 0 aliphatic heterocycles. The number of rotatable bonds is 4. The smallest absolute Gasteiger partial charge is 0.325 e. The van der Waals surface area contributed by atoms with Crippen molar-refractivity contribution in [2.24, 2.45) is 0 Å². The highest BCUT2D eigenvalue weighted by atomic mass is 32.1. The predicted octanol–water partition coefficient (Wildman–Crippen LogP) is -0.226. The first kappa shape index (κ1) is 11.7. The van der Waals surface area contributed by atoms with Crippen LogP contribution in [0.1, 0.15) is 13.8 Å². The summed E-state index contributed by atoms with van der Waals surface area (Å²) in [6.45, 7) is 3.28. The van der Waals surface area contributed by atoms with E-state index in [-0.39, 0.29) is 5.37 Å². The Hall–Kier alpha value is -0.260. The summed E-state index contributed by atoms with van der Waals surface area (Å²) < 4.78 is 4.48. The summed E-state index contributed by atoms with van der Waals surface area (Å²) in [7, 11) is 1.28. The van der Waals surface area contributed by atoms with Crippen molar-refractivity contribution in [2.75, 3.05) is 7.11 Å². The minimum atomic E-state index is -0.785. The van der Waals surface area contributed by atoms with Gasteiger partial charge in [0.25, 0.3) is 0 Å². The van der Waals surface area contributed by atoms with E-state index in [0.717, 1.165) is 0 Å². The number of aliphatic hydroxyl groups excluding tert-OH is 1. The number of esters is 1. The molecule has 0 saturated carbocycles. The maximum atomic E-state index is 11.0. The van der Waals surface area contributed by atoms with E-state index in [9.17, 15) is 4.79 Å². The van der Waals surface area contributed by atoms with Crippen molar-refractivity contribution in [1.29, 1.82) is 0 Å². The van der Waals surface area contributed by atoms with Gasteiger partial charge in [0.2, 0.25) is 0 Å². The van der Waals surface area contributed by atoms with Gasteiger partial charge in [0.15, 0.2) is 0 Å². The van der Waals surface area contributed by atoms with Crippen LogP contribution >= 0.6 is 12.6 Å². The molecule has 5 heteroatoms. The molecule has 0 fully saturated rings. The molecular formula is C7H15NO3S. The molecule has 0 aliphatic carbocycles. The first-order valence-electron chi connectivity index (χ1n) is 3.69. The van der Waals surface area contributed by atoms with Crippen molar-refractivity contribution in [3.63, 3.8) is 0 Å². The molecule has 0 aromatic rings. The number of hydrogen-bond donors (Lipinski definition) is 3. The molecule has 2 N–H and O–H groups in total. The lowest BCUT2D eigenvalue weighted by Gasteiger charge is -2.20. The Labute approximate surface area is 77.7 Å². The Morgan fingerprint density at radius 3 is 2.33 bits per heavy atom. The van der Waals surface area contributed by atoms with Gasteiger partial charge in [0.05, 0.1) is 13.2 Å². The number of aliphatic hydroxyl groups is 1. The number of methoxy groups -OCH3 is 1. The SMILES string of the molecule is COC(=O)[C@H](NC(C)S)[C@H](C)O.